The van der Waals surface area contributed by atoms with Crippen molar-refractivity contribution in [1.82, 2.24) is 5.06 Å². The summed E-state index contributed by atoms with van der Waals surface area (Å²) in [6.07, 6.45) is 7.24. The Morgan fingerprint density at radius 3 is 2.16 bits per heavy atom. The van der Waals surface area contributed by atoms with E-state index < -0.39 is 59.7 Å². The Hall–Kier alpha value is -4.05. The van der Waals surface area contributed by atoms with Crippen molar-refractivity contribution in [3.63, 3.8) is 0 Å². The summed E-state index contributed by atoms with van der Waals surface area (Å²) in [7, 11) is 0. The second-order valence-electron chi connectivity index (χ2n) is 9.68. The highest BCUT2D eigenvalue weighted by Gasteiger charge is 2.50. The van der Waals surface area contributed by atoms with Crippen molar-refractivity contribution < 1.29 is 43.8 Å². The van der Waals surface area contributed by atoms with Crippen LogP contribution in [0.5, 0.6) is 0 Å². The highest BCUT2D eigenvalue weighted by molar-refractivity contribution is 6.01. The summed E-state index contributed by atoms with van der Waals surface area (Å²) in [6, 6.07) is 9.49. The number of amides is 2. The number of carbonyl (C=O) groups is 5. The molecule has 4 rings (SSSR count). The Balaban J connectivity index is 1.52. The monoisotopic (exact) mass is 523 g/mol. The number of imide groups is 1. The van der Waals surface area contributed by atoms with Gasteiger partial charge in [0.1, 0.15) is 11.8 Å². The van der Waals surface area contributed by atoms with Crippen molar-refractivity contribution in [3.8, 4) is 0 Å². The average molecular weight is 524 g/mol. The SMILES string of the molecule is C=CC1OC(/C=C\C2CC(/C=C/c3ccccc3)C(C(=O)ON3C(=O)CCC3=O)C2)C(C(=O)O)C1C(=O)O. The number of hydrogen-bond donors (Lipinski definition) is 2. The first kappa shape index (κ1) is 27.0. The van der Waals surface area contributed by atoms with Gasteiger partial charge in [-0.2, -0.15) is 0 Å². The van der Waals surface area contributed by atoms with E-state index in [4.69, 9.17) is 9.57 Å². The van der Waals surface area contributed by atoms with E-state index in [-0.39, 0.29) is 24.7 Å². The van der Waals surface area contributed by atoms with Gasteiger partial charge in [0.2, 0.25) is 0 Å². The minimum absolute atomic E-state index is 0.00530. The molecule has 1 aromatic rings. The lowest BCUT2D eigenvalue weighted by atomic mass is 9.86. The Morgan fingerprint density at radius 1 is 0.921 bits per heavy atom. The fraction of sp³-hybridized carbons (Fsp3) is 0.393. The first-order valence-electron chi connectivity index (χ1n) is 12.4. The average Bonchev–Trinajstić information content (AvgIpc) is 3.58. The standard InChI is InChI=1S/C28H29NO9/c1-2-20-24(26(32)33)25(27(34)35)21(37-20)11-9-17-14-18(10-8-16-6-4-3-5-7-16)19(15-17)28(36)38-29-22(30)12-13-23(29)31/h2-11,17-21,24-25H,1,12-15H2,(H,32,33)(H,34,35)/b10-8+,11-9-. The van der Waals surface area contributed by atoms with Gasteiger partial charge in [-0.05, 0) is 30.2 Å². The Bertz CT molecular complexity index is 1160. The Kier molecular flexibility index (Phi) is 8.21. The normalized spacial score (nSPS) is 31.4. The zero-order chi connectivity index (χ0) is 27.4. The number of nitrogens with zero attached hydrogens (tertiary/aromatic N) is 1. The van der Waals surface area contributed by atoms with E-state index in [2.05, 4.69) is 6.58 Å². The summed E-state index contributed by atoms with van der Waals surface area (Å²) in [4.78, 5) is 65.7. The minimum atomic E-state index is -1.30. The Labute approximate surface area is 219 Å². The van der Waals surface area contributed by atoms with Gasteiger partial charge in [0.15, 0.2) is 0 Å². The number of hydrogen-bond acceptors (Lipinski definition) is 7. The van der Waals surface area contributed by atoms with Gasteiger partial charge < -0.3 is 19.8 Å². The second kappa shape index (κ2) is 11.6. The van der Waals surface area contributed by atoms with Crippen LogP contribution in [0.4, 0.5) is 0 Å². The quantitative estimate of drug-likeness (QED) is 0.368. The van der Waals surface area contributed by atoms with Crippen LogP contribution in [0.2, 0.25) is 0 Å². The van der Waals surface area contributed by atoms with Gasteiger partial charge >= 0.3 is 17.9 Å². The molecule has 1 aliphatic carbocycles. The molecule has 1 aromatic carbocycles. The van der Waals surface area contributed by atoms with Crippen molar-refractivity contribution in [2.75, 3.05) is 0 Å². The molecule has 10 nitrogen and oxygen atoms in total. The highest BCUT2D eigenvalue weighted by Crippen LogP contribution is 2.41. The van der Waals surface area contributed by atoms with Crippen molar-refractivity contribution in [2.45, 2.75) is 37.9 Å². The van der Waals surface area contributed by atoms with E-state index >= 15 is 0 Å². The van der Waals surface area contributed by atoms with Gasteiger partial charge in [-0.3, -0.25) is 19.2 Å². The van der Waals surface area contributed by atoms with Crippen LogP contribution >= 0.6 is 0 Å². The van der Waals surface area contributed by atoms with Crippen LogP contribution in [0.25, 0.3) is 6.08 Å². The number of carboxylic acids is 2. The maximum absolute atomic E-state index is 13.1. The molecule has 10 heteroatoms. The molecule has 3 aliphatic rings. The number of hydroxylamine groups is 2. The summed E-state index contributed by atoms with van der Waals surface area (Å²) in [6.45, 7) is 3.56. The Morgan fingerprint density at radius 2 is 1.55 bits per heavy atom. The van der Waals surface area contributed by atoms with Gasteiger partial charge in [-0.1, -0.05) is 60.7 Å². The lowest BCUT2D eigenvalue weighted by molar-refractivity contribution is -0.201. The summed E-state index contributed by atoms with van der Waals surface area (Å²) in [5, 5.41) is 19.8. The summed E-state index contributed by atoms with van der Waals surface area (Å²) in [5.74, 6) is -8.06. The molecular weight excluding hydrogens is 494 g/mol. The molecule has 200 valence electrons. The van der Waals surface area contributed by atoms with Crippen LogP contribution in [0.3, 0.4) is 0 Å². The molecule has 38 heavy (non-hydrogen) atoms. The number of rotatable bonds is 9. The lowest BCUT2D eigenvalue weighted by Gasteiger charge is -2.18. The molecule has 3 fully saturated rings. The molecule has 2 aliphatic heterocycles. The van der Waals surface area contributed by atoms with Crippen LogP contribution in [0.15, 0.2) is 61.2 Å². The number of ether oxygens (including phenoxy) is 1. The van der Waals surface area contributed by atoms with Crippen LogP contribution in [0, 0.1) is 29.6 Å². The zero-order valence-corrected chi connectivity index (χ0v) is 20.5. The maximum atomic E-state index is 13.1. The summed E-state index contributed by atoms with van der Waals surface area (Å²) < 4.78 is 5.68. The third-order valence-electron chi connectivity index (χ3n) is 7.26. The predicted molar refractivity (Wildman–Crippen MR) is 133 cm³/mol. The largest absolute Gasteiger partial charge is 0.481 e. The molecule has 2 saturated heterocycles. The van der Waals surface area contributed by atoms with Crippen LogP contribution in [-0.2, 0) is 33.5 Å². The first-order valence-corrected chi connectivity index (χ1v) is 12.4. The number of carbonyl (C=O) groups excluding carboxylic acids is 3. The number of carboxylic acid groups (broad SMARTS) is 2. The van der Waals surface area contributed by atoms with E-state index in [1.807, 2.05) is 42.5 Å². The molecule has 7 atom stereocenters. The van der Waals surface area contributed by atoms with Crippen molar-refractivity contribution in [2.24, 2.45) is 29.6 Å². The molecule has 2 amide bonds. The number of benzene rings is 1. The van der Waals surface area contributed by atoms with E-state index in [0.717, 1.165) is 5.56 Å². The van der Waals surface area contributed by atoms with Crippen LogP contribution in [0.1, 0.15) is 31.2 Å². The van der Waals surface area contributed by atoms with Gasteiger partial charge in [0, 0.05) is 12.8 Å². The van der Waals surface area contributed by atoms with Gasteiger partial charge in [0.05, 0.1) is 18.1 Å². The van der Waals surface area contributed by atoms with Gasteiger partial charge in [-0.15, -0.1) is 11.6 Å². The number of aliphatic carboxylic acids is 2. The molecule has 7 unspecified atom stereocenters. The van der Waals surface area contributed by atoms with Crippen LogP contribution in [-0.4, -0.2) is 57.2 Å². The van der Waals surface area contributed by atoms with Crippen molar-refractivity contribution >= 4 is 35.8 Å². The minimum Gasteiger partial charge on any atom is -0.481 e. The smallest absolute Gasteiger partial charge is 0.336 e. The fourth-order valence-corrected chi connectivity index (χ4v) is 5.35. The van der Waals surface area contributed by atoms with Crippen molar-refractivity contribution in [1.29, 1.82) is 0 Å². The van der Waals surface area contributed by atoms with E-state index in [0.29, 0.717) is 17.9 Å². The fourth-order valence-electron chi connectivity index (χ4n) is 5.35. The second-order valence-corrected chi connectivity index (χ2v) is 9.68. The first-order chi connectivity index (χ1) is 18.2. The van der Waals surface area contributed by atoms with E-state index in [1.54, 1.807) is 12.2 Å². The molecule has 0 bridgehead atoms. The third kappa shape index (κ3) is 5.75. The molecule has 2 N–H and O–H groups in total. The molecule has 0 radical (unpaired) electrons. The molecule has 1 saturated carbocycles. The van der Waals surface area contributed by atoms with Crippen LogP contribution < -0.4 is 0 Å². The summed E-state index contributed by atoms with van der Waals surface area (Å²) in [5.41, 5.74) is 0.933. The predicted octanol–water partition coefficient (Wildman–Crippen LogP) is 2.86. The lowest BCUT2D eigenvalue weighted by Crippen LogP contribution is -2.35. The molecular formula is C28H29NO9. The number of allylic oxidation sites excluding steroid dienone is 2. The highest BCUT2D eigenvalue weighted by atomic mass is 16.7. The van der Waals surface area contributed by atoms with Gasteiger partial charge in [0.25, 0.3) is 11.8 Å². The van der Waals surface area contributed by atoms with Crippen molar-refractivity contribution in [3.05, 3.63) is 66.8 Å². The zero-order valence-electron chi connectivity index (χ0n) is 20.5. The third-order valence-corrected chi connectivity index (χ3v) is 7.26. The molecule has 0 aromatic heterocycles. The van der Waals surface area contributed by atoms with E-state index in [1.165, 1.54) is 6.08 Å². The molecule has 0 spiro atoms. The summed E-state index contributed by atoms with van der Waals surface area (Å²) >= 11 is 0. The van der Waals surface area contributed by atoms with Gasteiger partial charge in [-0.25, -0.2) is 4.79 Å². The molecule has 2 heterocycles. The topological polar surface area (TPSA) is 148 Å². The van der Waals surface area contributed by atoms with E-state index in [9.17, 15) is 34.2 Å². The maximum Gasteiger partial charge on any atom is 0.336 e.